The maximum absolute atomic E-state index is 15.8. The van der Waals surface area contributed by atoms with Crippen molar-refractivity contribution in [2.24, 2.45) is 0 Å². The Balaban J connectivity index is 1.82. The van der Waals surface area contributed by atoms with E-state index in [2.05, 4.69) is 10.6 Å². The number of hydrogen-bond acceptors (Lipinski definition) is 7. The zero-order chi connectivity index (χ0) is 32.7. The van der Waals surface area contributed by atoms with E-state index in [1.54, 1.807) is 109 Å². The molecule has 5 aromatic carbocycles. The Bertz CT molecular complexity index is 1960. The van der Waals surface area contributed by atoms with Crippen LogP contribution in [0.15, 0.2) is 145 Å². The van der Waals surface area contributed by atoms with Crippen LogP contribution in [0.3, 0.4) is 0 Å². The average Bonchev–Trinajstić information content (AvgIpc) is 3.09. The molecule has 0 radical (unpaired) electrons. The number of nitrogens with zero attached hydrogens (tertiary/aromatic N) is 2. The van der Waals surface area contributed by atoms with Crippen molar-refractivity contribution < 1.29 is 24.0 Å². The van der Waals surface area contributed by atoms with E-state index in [9.17, 15) is 29.8 Å². The number of nitro groups is 2. The van der Waals surface area contributed by atoms with Gasteiger partial charge in [-0.2, -0.15) is 0 Å². The van der Waals surface area contributed by atoms with Crippen LogP contribution in [0.5, 0.6) is 0 Å². The maximum atomic E-state index is 15.8. The van der Waals surface area contributed by atoms with E-state index in [4.69, 9.17) is 0 Å². The predicted molar refractivity (Wildman–Crippen MR) is 175 cm³/mol. The molecule has 46 heavy (non-hydrogen) atoms. The van der Waals surface area contributed by atoms with E-state index in [0.717, 1.165) is 18.2 Å². The van der Waals surface area contributed by atoms with Crippen LogP contribution in [-0.4, -0.2) is 21.7 Å². The van der Waals surface area contributed by atoms with Crippen LogP contribution in [0.2, 0.25) is 0 Å². The van der Waals surface area contributed by atoms with Crippen molar-refractivity contribution in [3.63, 3.8) is 0 Å². The zero-order valence-corrected chi connectivity index (χ0v) is 24.9. The molecule has 5 aromatic rings. The van der Waals surface area contributed by atoms with Crippen molar-refractivity contribution in [2.45, 2.75) is 0 Å². The molecule has 0 unspecified atom stereocenters. The molecule has 0 heterocycles. The van der Waals surface area contributed by atoms with Crippen LogP contribution in [0.4, 0.5) is 17.1 Å². The molecule has 0 atom stereocenters. The van der Waals surface area contributed by atoms with Gasteiger partial charge in [-0.1, -0.05) is 109 Å². The minimum Gasteiger partial charge on any atom is -0.317 e. The van der Waals surface area contributed by atoms with E-state index < -0.39 is 45.9 Å². The first kappa shape index (κ1) is 31.2. The van der Waals surface area contributed by atoms with Gasteiger partial charge >= 0.3 is 0 Å². The van der Waals surface area contributed by atoms with Gasteiger partial charge in [0.1, 0.15) is 11.4 Å². The molecule has 2 N–H and O–H groups in total. The molecule has 0 spiro atoms. The van der Waals surface area contributed by atoms with E-state index in [1.165, 1.54) is 12.1 Å². The zero-order valence-electron chi connectivity index (χ0n) is 24.0. The van der Waals surface area contributed by atoms with Gasteiger partial charge in [-0.25, -0.2) is 0 Å². The standard InChI is InChI=1S/C34H25N4O7P/c39-33(25-15-7-2-8-16-25)36-31(34(40)35-29-22-21-26(37(41)42)23-30(29)38(43)44)32(24-13-5-1-6-14-24)46(45,27-17-9-3-10-18-27)28-19-11-4-12-20-28/h1-23H,(H,35,40)(H,36,39). The Hall–Kier alpha value is -6.19. The van der Waals surface area contributed by atoms with Gasteiger partial charge in [0.2, 0.25) is 0 Å². The number of anilines is 1. The third kappa shape index (κ3) is 6.50. The third-order valence-electron chi connectivity index (χ3n) is 6.98. The minimum atomic E-state index is -3.99. The smallest absolute Gasteiger partial charge is 0.299 e. The second-order valence-electron chi connectivity index (χ2n) is 9.86. The quantitative estimate of drug-likeness (QED) is 0.0795. The highest BCUT2D eigenvalue weighted by molar-refractivity contribution is 7.87. The van der Waals surface area contributed by atoms with Gasteiger partial charge in [0.05, 0.1) is 21.2 Å². The largest absolute Gasteiger partial charge is 0.317 e. The van der Waals surface area contributed by atoms with E-state index >= 15 is 4.57 Å². The second kappa shape index (κ2) is 13.6. The predicted octanol–water partition coefficient (Wildman–Crippen LogP) is 6.25. The van der Waals surface area contributed by atoms with Crippen molar-refractivity contribution >= 4 is 51.9 Å². The first-order valence-electron chi connectivity index (χ1n) is 13.8. The molecule has 0 aromatic heterocycles. The SMILES string of the molecule is O=C(Nc1ccc([N+](=O)[O-])cc1[N+](=O)[O-])C(NC(=O)c1ccccc1)=C(c1ccccc1)P(=O)(c1ccccc1)c1ccccc1. The van der Waals surface area contributed by atoms with Gasteiger partial charge in [0, 0.05) is 22.2 Å². The Morgan fingerprint density at radius 1 is 0.609 bits per heavy atom. The normalized spacial score (nSPS) is 11.6. The summed E-state index contributed by atoms with van der Waals surface area (Å²) in [6.07, 6.45) is 0. The molecule has 0 aliphatic carbocycles. The Labute approximate surface area is 262 Å². The summed E-state index contributed by atoms with van der Waals surface area (Å²) in [6, 6.07) is 36.1. The van der Waals surface area contributed by atoms with Gasteiger partial charge < -0.3 is 15.2 Å². The van der Waals surface area contributed by atoms with Gasteiger partial charge in [0.25, 0.3) is 23.2 Å². The van der Waals surface area contributed by atoms with E-state index in [-0.39, 0.29) is 16.6 Å². The summed E-state index contributed by atoms with van der Waals surface area (Å²) >= 11 is 0. The summed E-state index contributed by atoms with van der Waals surface area (Å²) in [5, 5.41) is 29.0. The van der Waals surface area contributed by atoms with E-state index in [1.807, 2.05) is 0 Å². The van der Waals surface area contributed by atoms with Gasteiger partial charge in [0.15, 0.2) is 7.14 Å². The molecule has 11 nitrogen and oxygen atoms in total. The van der Waals surface area contributed by atoms with Crippen molar-refractivity contribution in [3.8, 4) is 0 Å². The lowest BCUT2D eigenvalue weighted by atomic mass is 10.1. The molecule has 0 saturated carbocycles. The second-order valence-corrected chi connectivity index (χ2v) is 12.6. The van der Waals surface area contributed by atoms with Crippen molar-refractivity contribution in [1.29, 1.82) is 0 Å². The highest BCUT2D eigenvalue weighted by Crippen LogP contribution is 2.57. The molecule has 0 aliphatic rings. The van der Waals surface area contributed by atoms with Gasteiger partial charge in [-0.05, 0) is 23.8 Å². The number of carbonyl (C=O) groups is 2. The first-order chi connectivity index (χ1) is 22.2. The minimum absolute atomic E-state index is 0.0307. The number of carbonyl (C=O) groups excluding carboxylic acids is 2. The lowest BCUT2D eigenvalue weighted by molar-refractivity contribution is -0.393. The van der Waals surface area contributed by atoms with Crippen LogP contribution in [0, 0.1) is 20.2 Å². The number of benzene rings is 5. The lowest BCUT2D eigenvalue weighted by Gasteiger charge is -2.26. The average molecular weight is 633 g/mol. The number of amides is 2. The monoisotopic (exact) mass is 632 g/mol. The highest BCUT2D eigenvalue weighted by atomic mass is 31.2. The number of nitro benzene ring substituents is 2. The number of non-ortho nitro benzene ring substituents is 1. The molecule has 0 fully saturated rings. The van der Waals surface area contributed by atoms with Crippen LogP contribution in [0.25, 0.3) is 5.31 Å². The number of hydrogen-bond donors (Lipinski definition) is 2. The van der Waals surface area contributed by atoms with E-state index in [0.29, 0.717) is 16.2 Å². The molecular weight excluding hydrogens is 607 g/mol. The highest BCUT2D eigenvalue weighted by Gasteiger charge is 2.38. The molecule has 228 valence electrons. The molecular formula is C34H25N4O7P. The fourth-order valence-corrected chi connectivity index (χ4v) is 7.82. The lowest BCUT2D eigenvalue weighted by Crippen LogP contribution is -2.33. The van der Waals surface area contributed by atoms with Crippen LogP contribution < -0.4 is 21.2 Å². The van der Waals surface area contributed by atoms with Crippen molar-refractivity contribution in [3.05, 3.63) is 177 Å². The first-order valence-corrected chi connectivity index (χ1v) is 15.5. The molecule has 12 heteroatoms. The Morgan fingerprint density at radius 2 is 1.09 bits per heavy atom. The fraction of sp³-hybridized carbons (Fsp3) is 0. The van der Waals surface area contributed by atoms with Gasteiger partial charge in [-0.3, -0.25) is 29.8 Å². The van der Waals surface area contributed by atoms with Crippen LogP contribution >= 0.6 is 7.14 Å². The maximum Gasteiger partial charge on any atom is 0.299 e. The summed E-state index contributed by atoms with van der Waals surface area (Å²) in [4.78, 5) is 49.5. The number of rotatable bonds is 10. The molecule has 0 saturated heterocycles. The molecule has 5 rings (SSSR count). The third-order valence-corrected chi connectivity index (χ3v) is 10.1. The summed E-state index contributed by atoms with van der Waals surface area (Å²) < 4.78 is 15.8. The fourth-order valence-electron chi connectivity index (χ4n) is 4.84. The van der Waals surface area contributed by atoms with Crippen molar-refractivity contribution in [2.75, 3.05) is 5.32 Å². The summed E-state index contributed by atoms with van der Waals surface area (Å²) in [7, 11) is -3.99. The topological polar surface area (TPSA) is 162 Å². The Kier molecular flexibility index (Phi) is 9.25. The number of nitrogens with one attached hydrogen (secondary N) is 2. The summed E-state index contributed by atoms with van der Waals surface area (Å²) in [6.45, 7) is 0. The van der Waals surface area contributed by atoms with Crippen LogP contribution in [0.1, 0.15) is 15.9 Å². The summed E-state index contributed by atoms with van der Waals surface area (Å²) in [5.41, 5.74) is -1.56. The molecule has 0 aliphatic heterocycles. The van der Waals surface area contributed by atoms with Gasteiger partial charge in [-0.15, -0.1) is 0 Å². The molecule has 2 amide bonds. The Morgan fingerprint density at radius 3 is 1.57 bits per heavy atom. The molecule has 0 bridgehead atoms. The van der Waals surface area contributed by atoms with Crippen molar-refractivity contribution in [1.82, 2.24) is 5.32 Å². The van der Waals surface area contributed by atoms with Crippen LogP contribution in [-0.2, 0) is 9.36 Å². The summed E-state index contributed by atoms with van der Waals surface area (Å²) in [5.74, 6) is -1.74.